The van der Waals surface area contributed by atoms with E-state index in [4.69, 9.17) is 5.11 Å². The molecule has 0 bridgehead atoms. The summed E-state index contributed by atoms with van der Waals surface area (Å²) in [7, 11) is -2.04. The summed E-state index contributed by atoms with van der Waals surface area (Å²) in [4.78, 5) is 11.8. The molecule has 0 spiro atoms. The Balaban J connectivity index is 2.23. The van der Waals surface area contributed by atoms with Crippen LogP contribution >= 0.6 is 0 Å². The van der Waals surface area contributed by atoms with Crippen LogP contribution in [0.15, 0.2) is 29.2 Å². The SMILES string of the molecule is CNC(=O)c1ccc(S(=O)(=O)N2CCCCC2CCCO)cc1. The summed E-state index contributed by atoms with van der Waals surface area (Å²) < 4.78 is 27.3. The molecule has 1 atom stereocenters. The average molecular weight is 340 g/mol. The summed E-state index contributed by atoms with van der Waals surface area (Å²) in [6, 6.07) is 5.96. The number of hydrogen-bond acceptors (Lipinski definition) is 4. The maximum atomic E-state index is 12.9. The molecule has 0 saturated carbocycles. The van der Waals surface area contributed by atoms with Crippen LogP contribution in [0.2, 0.25) is 0 Å². The Labute approximate surface area is 137 Å². The Kier molecular flexibility index (Phi) is 6.15. The number of sulfonamides is 1. The molecular formula is C16H24N2O4S. The van der Waals surface area contributed by atoms with E-state index in [1.165, 1.54) is 31.3 Å². The van der Waals surface area contributed by atoms with E-state index >= 15 is 0 Å². The van der Waals surface area contributed by atoms with Crippen molar-refractivity contribution in [1.29, 1.82) is 0 Å². The monoisotopic (exact) mass is 340 g/mol. The zero-order chi connectivity index (χ0) is 16.9. The number of hydrogen-bond donors (Lipinski definition) is 2. The van der Waals surface area contributed by atoms with Crippen LogP contribution in [-0.4, -0.2) is 50.0 Å². The van der Waals surface area contributed by atoms with Crippen molar-refractivity contribution < 1.29 is 18.3 Å². The summed E-state index contributed by atoms with van der Waals surface area (Å²) in [5.41, 5.74) is 0.432. The predicted molar refractivity (Wildman–Crippen MR) is 87.7 cm³/mol. The number of nitrogens with one attached hydrogen (secondary N) is 1. The Bertz CT molecular complexity index is 628. The van der Waals surface area contributed by atoms with Gasteiger partial charge in [-0.15, -0.1) is 0 Å². The minimum absolute atomic E-state index is 0.0560. The lowest BCUT2D eigenvalue weighted by Crippen LogP contribution is -2.43. The fraction of sp³-hybridized carbons (Fsp3) is 0.562. The van der Waals surface area contributed by atoms with Crippen LogP contribution in [-0.2, 0) is 10.0 Å². The van der Waals surface area contributed by atoms with Crippen molar-refractivity contribution in [2.45, 2.75) is 43.0 Å². The van der Waals surface area contributed by atoms with Crippen LogP contribution in [0.3, 0.4) is 0 Å². The molecule has 2 rings (SSSR count). The quantitative estimate of drug-likeness (QED) is 0.819. The number of rotatable bonds is 6. The summed E-state index contributed by atoms with van der Waals surface area (Å²) in [5.74, 6) is -0.243. The first-order chi connectivity index (χ1) is 11.0. The van der Waals surface area contributed by atoms with Crippen molar-refractivity contribution in [1.82, 2.24) is 9.62 Å². The number of amides is 1. The second-order valence-corrected chi connectivity index (χ2v) is 7.63. The first kappa shape index (κ1) is 17.9. The minimum atomic E-state index is -3.57. The summed E-state index contributed by atoms with van der Waals surface area (Å²) in [5, 5.41) is 11.5. The molecule has 6 nitrogen and oxygen atoms in total. The van der Waals surface area contributed by atoms with Gasteiger partial charge in [0, 0.05) is 31.8 Å². The Morgan fingerprint density at radius 1 is 1.30 bits per heavy atom. The van der Waals surface area contributed by atoms with Crippen LogP contribution < -0.4 is 5.32 Å². The molecule has 1 aliphatic rings. The highest BCUT2D eigenvalue weighted by atomic mass is 32.2. The number of aliphatic hydroxyl groups is 1. The van der Waals surface area contributed by atoms with Gasteiger partial charge in [0.2, 0.25) is 10.0 Å². The molecule has 7 heteroatoms. The van der Waals surface area contributed by atoms with Crippen molar-refractivity contribution in [2.75, 3.05) is 20.2 Å². The molecular weight excluding hydrogens is 316 g/mol. The average Bonchev–Trinajstić information content (AvgIpc) is 2.59. The molecule has 1 heterocycles. The van der Waals surface area contributed by atoms with Crippen molar-refractivity contribution in [3.63, 3.8) is 0 Å². The number of aliphatic hydroxyl groups excluding tert-OH is 1. The van der Waals surface area contributed by atoms with Crippen molar-refractivity contribution in [3.05, 3.63) is 29.8 Å². The number of carbonyl (C=O) groups excluding carboxylic acids is 1. The molecule has 1 saturated heterocycles. The van der Waals surface area contributed by atoms with Crippen LogP contribution in [0.1, 0.15) is 42.5 Å². The molecule has 0 radical (unpaired) electrons. The van der Waals surface area contributed by atoms with Crippen molar-refractivity contribution in [2.24, 2.45) is 0 Å². The second-order valence-electron chi connectivity index (χ2n) is 5.73. The third-order valence-corrected chi connectivity index (χ3v) is 6.18. The van der Waals surface area contributed by atoms with E-state index in [0.717, 1.165) is 19.3 Å². The van der Waals surface area contributed by atoms with Crippen molar-refractivity contribution in [3.8, 4) is 0 Å². The second kappa shape index (κ2) is 7.90. The van der Waals surface area contributed by atoms with E-state index in [1.54, 1.807) is 4.31 Å². The Morgan fingerprint density at radius 2 is 2.00 bits per heavy atom. The zero-order valence-corrected chi connectivity index (χ0v) is 14.2. The lowest BCUT2D eigenvalue weighted by atomic mass is 10.0. The van der Waals surface area contributed by atoms with Crippen LogP contribution in [0.4, 0.5) is 0 Å². The van der Waals surface area contributed by atoms with Crippen LogP contribution in [0, 0.1) is 0 Å². The van der Waals surface area contributed by atoms with E-state index in [1.807, 2.05) is 0 Å². The highest BCUT2D eigenvalue weighted by Crippen LogP contribution is 2.27. The number of piperidine rings is 1. The lowest BCUT2D eigenvalue weighted by Gasteiger charge is -2.34. The summed E-state index contributed by atoms with van der Waals surface area (Å²) >= 11 is 0. The van der Waals surface area contributed by atoms with Gasteiger partial charge >= 0.3 is 0 Å². The zero-order valence-electron chi connectivity index (χ0n) is 13.4. The molecule has 23 heavy (non-hydrogen) atoms. The summed E-state index contributed by atoms with van der Waals surface area (Å²) in [6.45, 7) is 0.584. The maximum absolute atomic E-state index is 12.9. The molecule has 128 valence electrons. The van der Waals surface area contributed by atoms with Gasteiger partial charge in [-0.05, 0) is 49.9 Å². The first-order valence-corrected chi connectivity index (χ1v) is 9.39. The molecule has 1 aromatic rings. The molecule has 1 aromatic carbocycles. The van der Waals surface area contributed by atoms with Gasteiger partial charge in [0.15, 0.2) is 0 Å². The topological polar surface area (TPSA) is 86.7 Å². The van der Waals surface area contributed by atoms with Gasteiger partial charge in [-0.1, -0.05) is 6.42 Å². The normalized spacial score (nSPS) is 19.5. The van der Waals surface area contributed by atoms with Gasteiger partial charge < -0.3 is 10.4 Å². The fourth-order valence-corrected chi connectivity index (χ4v) is 4.69. The number of carbonyl (C=O) groups is 1. The van der Waals surface area contributed by atoms with Crippen LogP contribution in [0.25, 0.3) is 0 Å². The van der Waals surface area contributed by atoms with Gasteiger partial charge in [0.25, 0.3) is 5.91 Å². The predicted octanol–water partition coefficient (Wildman–Crippen LogP) is 1.36. The highest BCUT2D eigenvalue weighted by Gasteiger charge is 2.33. The van der Waals surface area contributed by atoms with Crippen molar-refractivity contribution >= 4 is 15.9 Å². The summed E-state index contributed by atoms with van der Waals surface area (Å²) in [6.07, 6.45) is 3.97. The van der Waals surface area contributed by atoms with Gasteiger partial charge in [-0.3, -0.25) is 4.79 Å². The molecule has 1 amide bonds. The van der Waals surface area contributed by atoms with E-state index in [0.29, 0.717) is 24.9 Å². The minimum Gasteiger partial charge on any atom is -0.396 e. The number of nitrogens with zero attached hydrogens (tertiary/aromatic N) is 1. The Hall–Kier alpha value is -1.44. The smallest absolute Gasteiger partial charge is 0.251 e. The van der Waals surface area contributed by atoms with E-state index in [-0.39, 0.29) is 23.5 Å². The lowest BCUT2D eigenvalue weighted by molar-refractivity contribution is 0.0963. The molecule has 1 unspecified atom stereocenters. The van der Waals surface area contributed by atoms with E-state index in [2.05, 4.69) is 5.32 Å². The van der Waals surface area contributed by atoms with Gasteiger partial charge in [0.05, 0.1) is 4.90 Å². The third kappa shape index (κ3) is 4.10. The fourth-order valence-electron chi connectivity index (χ4n) is 2.96. The van der Waals surface area contributed by atoms with Gasteiger partial charge in [-0.25, -0.2) is 8.42 Å². The molecule has 1 fully saturated rings. The van der Waals surface area contributed by atoms with E-state index in [9.17, 15) is 13.2 Å². The third-order valence-electron chi connectivity index (χ3n) is 4.22. The standard InChI is InChI=1S/C16H24N2O4S/c1-17-16(20)13-7-9-15(10-8-13)23(21,22)18-11-3-2-5-14(18)6-4-12-19/h7-10,14,19H,2-6,11-12H2,1H3,(H,17,20). The van der Waals surface area contributed by atoms with Gasteiger partial charge in [0.1, 0.15) is 0 Å². The van der Waals surface area contributed by atoms with Crippen LogP contribution in [0.5, 0.6) is 0 Å². The molecule has 0 aliphatic carbocycles. The maximum Gasteiger partial charge on any atom is 0.251 e. The largest absolute Gasteiger partial charge is 0.396 e. The first-order valence-electron chi connectivity index (χ1n) is 7.95. The molecule has 0 aromatic heterocycles. The molecule has 2 N–H and O–H groups in total. The number of benzene rings is 1. The molecule has 1 aliphatic heterocycles. The Morgan fingerprint density at radius 3 is 2.61 bits per heavy atom. The highest BCUT2D eigenvalue weighted by molar-refractivity contribution is 7.89. The van der Waals surface area contributed by atoms with E-state index < -0.39 is 10.0 Å². The van der Waals surface area contributed by atoms with Gasteiger partial charge in [-0.2, -0.15) is 4.31 Å².